The van der Waals surface area contributed by atoms with E-state index in [0.29, 0.717) is 35.2 Å². The number of benzene rings is 1. The van der Waals surface area contributed by atoms with Crippen molar-refractivity contribution in [3.8, 4) is 0 Å². The van der Waals surface area contributed by atoms with Crippen LogP contribution in [0.25, 0.3) is 0 Å². The minimum absolute atomic E-state index is 0.0854. The van der Waals surface area contributed by atoms with E-state index < -0.39 is 10.0 Å². The second kappa shape index (κ2) is 9.43. The molecule has 1 aromatic carbocycles. The van der Waals surface area contributed by atoms with Gasteiger partial charge in [-0.25, -0.2) is 13.4 Å². The Morgan fingerprint density at radius 1 is 1.28 bits per heavy atom. The summed E-state index contributed by atoms with van der Waals surface area (Å²) in [7, 11) is -2.00. The van der Waals surface area contributed by atoms with Gasteiger partial charge in [0, 0.05) is 32.4 Å². The Bertz CT molecular complexity index is 1170. The molecule has 1 aliphatic heterocycles. The molecule has 1 fully saturated rings. The number of nitrogens with two attached hydrogens (primary N) is 1. The van der Waals surface area contributed by atoms with Gasteiger partial charge in [0.2, 0.25) is 10.0 Å². The molecule has 1 aromatic heterocycles. The van der Waals surface area contributed by atoms with Crippen LogP contribution >= 0.6 is 0 Å². The minimum Gasteiger partial charge on any atom is -0.383 e. The summed E-state index contributed by atoms with van der Waals surface area (Å²) in [5.41, 5.74) is 8.06. The zero-order chi connectivity index (χ0) is 22.7. The largest absolute Gasteiger partial charge is 0.383 e. The first-order chi connectivity index (χ1) is 15.4. The lowest BCUT2D eigenvalue weighted by Gasteiger charge is -2.24. The van der Waals surface area contributed by atoms with Crippen molar-refractivity contribution in [3.63, 3.8) is 0 Å². The summed E-state index contributed by atoms with van der Waals surface area (Å²) >= 11 is 0. The normalized spacial score (nSPS) is 19.1. The number of aromatic amines is 1. The zero-order valence-electron chi connectivity index (χ0n) is 18.1. The Morgan fingerprint density at radius 2 is 2.06 bits per heavy atom. The van der Waals surface area contributed by atoms with Crippen molar-refractivity contribution in [2.75, 3.05) is 25.6 Å². The highest BCUT2D eigenvalue weighted by atomic mass is 32.2. The first-order valence-electron chi connectivity index (χ1n) is 10.8. The number of hydrogen-bond donors (Lipinski definition) is 3. The third kappa shape index (κ3) is 4.57. The third-order valence-electron chi connectivity index (χ3n) is 5.98. The number of amidine groups is 1. The van der Waals surface area contributed by atoms with Gasteiger partial charge < -0.3 is 20.8 Å². The maximum Gasteiger partial charge on any atom is 0.261 e. The van der Waals surface area contributed by atoms with Gasteiger partial charge in [-0.3, -0.25) is 4.79 Å². The standard InChI is InChI=1S/C22H29N5O4S/c1-31-12-11-27-14-15-13-17(7-8-19(15)32(27,29)30)26-21(23)20-18(9-10-24-22(20)28)25-16-5-3-2-4-6-16/h7-10,13,16H,2-6,11-12,14H2,1H3,(H2,23,26)(H2,24,25,28). The lowest BCUT2D eigenvalue weighted by molar-refractivity contribution is 0.179. The molecular weight excluding hydrogens is 430 g/mol. The first kappa shape index (κ1) is 22.5. The van der Waals surface area contributed by atoms with Crippen LogP contribution in [0.2, 0.25) is 0 Å². The van der Waals surface area contributed by atoms with E-state index in [4.69, 9.17) is 10.5 Å². The Balaban J connectivity index is 1.62. The summed E-state index contributed by atoms with van der Waals surface area (Å²) in [6.07, 6.45) is 7.28. The Kier molecular flexibility index (Phi) is 6.63. The average molecular weight is 460 g/mol. The summed E-state index contributed by atoms with van der Waals surface area (Å²) in [6.45, 7) is 0.854. The minimum atomic E-state index is -3.54. The molecule has 2 aliphatic rings. The molecule has 1 aliphatic carbocycles. The summed E-state index contributed by atoms with van der Waals surface area (Å²) in [5, 5.41) is 3.46. The fourth-order valence-electron chi connectivity index (χ4n) is 4.33. The maximum absolute atomic E-state index is 12.7. The number of H-pyrrole nitrogens is 1. The molecular formula is C22H29N5O4S. The monoisotopic (exact) mass is 459 g/mol. The third-order valence-corrected chi connectivity index (χ3v) is 7.93. The van der Waals surface area contributed by atoms with Gasteiger partial charge in [0.05, 0.1) is 22.9 Å². The molecule has 9 nitrogen and oxygen atoms in total. The van der Waals surface area contributed by atoms with Crippen molar-refractivity contribution >= 4 is 27.2 Å². The summed E-state index contributed by atoms with van der Waals surface area (Å²) < 4.78 is 31.8. The molecule has 10 heteroatoms. The maximum atomic E-state index is 12.7. The SMILES string of the molecule is COCCN1Cc2cc(N=C(N)c3c(NC4CCCCC4)cc[nH]c3=O)ccc2S1(=O)=O. The van der Waals surface area contributed by atoms with E-state index in [0.717, 1.165) is 12.8 Å². The topological polar surface area (TPSA) is 130 Å². The number of methoxy groups -OCH3 is 1. The van der Waals surface area contributed by atoms with E-state index in [9.17, 15) is 13.2 Å². The van der Waals surface area contributed by atoms with Crippen LogP contribution in [0.15, 0.2) is 45.1 Å². The quantitative estimate of drug-likeness (QED) is 0.430. The van der Waals surface area contributed by atoms with Gasteiger partial charge in [0.15, 0.2) is 0 Å². The van der Waals surface area contributed by atoms with Crippen LogP contribution in [-0.2, 0) is 21.3 Å². The summed E-state index contributed by atoms with van der Waals surface area (Å²) in [4.78, 5) is 20.0. The molecule has 4 rings (SSSR count). The highest BCUT2D eigenvalue weighted by Gasteiger charge is 2.34. The smallest absolute Gasteiger partial charge is 0.261 e. The number of sulfonamides is 1. The molecule has 4 N–H and O–H groups in total. The first-order valence-corrected chi connectivity index (χ1v) is 12.3. The van der Waals surface area contributed by atoms with Crippen LogP contribution in [0, 0.1) is 0 Å². The predicted molar refractivity (Wildman–Crippen MR) is 124 cm³/mol. The van der Waals surface area contributed by atoms with Crippen molar-refractivity contribution in [1.82, 2.24) is 9.29 Å². The summed E-state index contributed by atoms with van der Waals surface area (Å²) in [5.74, 6) is 0.0854. The van der Waals surface area contributed by atoms with Crippen LogP contribution in [0.5, 0.6) is 0 Å². The Morgan fingerprint density at radius 3 is 2.81 bits per heavy atom. The fraction of sp³-hybridized carbons (Fsp3) is 0.455. The van der Waals surface area contributed by atoms with Crippen LogP contribution in [0.4, 0.5) is 11.4 Å². The highest BCUT2D eigenvalue weighted by Crippen LogP contribution is 2.33. The molecule has 2 heterocycles. The van der Waals surface area contributed by atoms with Crippen LogP contribution in [0.3, 0.4) is 0 Å². The lowest BCUT2D eigenvalue weighted by atomic mass is 9.95. The lowest BCUT2D eigenvalue weighted by Crippen LogP contribution is -2.29. The number of anilines is 1. The number of nitrogens with one attached hydrogen (secondary N) is 2. The van der Waals surface area contributed by atoms with Crippen molar-refractivity contribution in [1.29, 1.82) is 0 Å². The van der Waals surface area contributed by atoms with Crippen molar-refractivity contribution in [2.24, 2.45) is 10.7 Å². The average Bonchev–Trinajstić information content (AvgIpc) is 3.02. The van der Waals surface area contributed by atoms with Gasteiger partial charge in [-0.1, -0.05) is 19.3 Å². The number of nitrogens with zero attached hydrogens (tertiary/aromatic N) is 2. The second-order valence-electron chi connectivity index (χ2n) is 8.20. The van der Waals surface area contributed by atoms with Crippen LogP contribution < -0.4 is 16.6 Å². The number of fused-ring (bicyclic) bond motifs is 1. The second-order valence-corrected chi connectivity index (χ2v) is 10.1. The van der Waals surface area contributed by atoms with E-state index in [2.05, 4.69) is 15.3 Å². The van der Waals surface area contributed by atoms with Crippen molar-refractivity contribution in [3.05, 3.63) is 51.9 Å². The predicted octanol–water partition coefficient (Wildman–Crippen LogP) is 2.31. The molecule has 1 saturated carbocycles. The number of aliphatic imine (C=N–C) groups is 1. The molecule has 2 aromatic rings. The van der Waals surface area contributed by atoms with Gasteiger partial charge >= 0.3 is 0 Å². The molecule has 0 bridgehead atoms. The van der Waals surface area contributed by atoms with Crippen LogP contribution in [0.1, 0.15) is 43.2 Å². The molecule has 0 saturated heterocycles. The van der Waals surface area contributed by atoms with Crippen molar-refractivity contribution in [2.45, 2.75) is 49.6 Å². The number of aromatic nitrogens is 1. The highest BCUT2D eigenvalue weighted by molar-refractivity contribution is 7.89. The molecule has 32 heavy (non-hydrogen) atoms. The molecule has 0 unspecified atom stereocenters. The summed E-state index contributed by atoms with van der Waals surface area (Å²) in [6, 6.07) is 6.96. The van der Waals surface area contributed by atoms with Gasteiger partial charge in [-0.05, 0) is 42.7 Å². The number of hydrogen-bond acceptors (Lipinski definition) is 6. The number of ether oxygens (including phenoxy) is 1. The van der Waals surface area contributed by atoms with Crippen LogP contribution in [-0.4, -0.2) is 49.8 Å². The number of rotatable bonds is 7. The van der Waals surface area contributed by atoms with E-state index in [1.54, 1.807) is 30.5 Å². The fourth-order valence-corrected chi connectivity index (χ4v) is 5.93. The zero-order valence-corrected chi connectivity index (χ0v) is 19.0. The molecule has 0 spiro atoms. The van der Waals surface area contributed by atoms with E-state index in [-0.39, 0.29) is 29.4 Å². The van der Waals surface area contributed by atoms with Gasteiger partial charge in [-0.2, -0.15) is 4.31 Å². The van der Waals surface area contributed by atoms with E-state index in [1.807, 2.05) is 0 Å². The molecule has 0 amide bonds. The van der Waals surface area contributed by atoms with E-state index >= 15 is 0 Å². The van der Waals surface area contributed by atoms with E-state index in [1.165, 1.54) is 30.7 Å². The van der Waals surface area contributed by atoms with Crippen molar-refractivity contribution < 1.29 is 13.2 Å². The molecule has 0 atom stereocenters. The Labute approximate surface area is 187 Å². The van der Waals surface area contributed by atoms with Gasteiger partial charge in [0.25, 0.3) is 5.56 Å². The molecule has 0 radical (unpaired) electrons. The van der Waals surface area contributed by atoms with Gasteiger partial charge in [0.1, 0.15) is 11.4 Å². The van der Waals surface area contributed by atoms with Gasteiger partial charge in [-0.15, -0.1) is 0 Å². The Hall–Kier alpha value is -2.69. The number of pyridine rings is 1. The molecule has 172 valence electrons.